The summed E-state index contributed by atoms with van der Waals surface area (Å²) < 4.78 is 7.43. The third-order valence-corrected chi connectivity index (χ3v) is 4.40. The average molecular weight is 265 g/mol. The Bertz CT molecular complexity index is 381. The molecular formula is C15H27N3O. The summed E-state index contributed by atoms with van der Waals surface area (Å²) in [6.45, 7) is 0. The van der Waals surface area contributed by atoms with Crippen molar-refractivity contribution in [3.8, 4) is 5.75 Å². The lowest BCUT2D eigenvalue weighted by atomic mass is 9.84. The Balaban J connectivity index is 2.19. The van der Waals surface area contributed by atoms with Gasteiger partial charge in [0.2, 0.25) is 0 Å². The molecule has 0 spiro atoms. The highest BCUT2D eigenvalue weighted by Gasteiger charge is 2.27. The number of rotatable bonds is 4. The summed E-state index contributed by atoms with van der Waals surface area (Å²) in [4.78, 5) is 0. The van der Waals surface area contributed by atoms with Gasteiger partial charge in [0.1, 0.15) is 0 Å². The van der Waals surface area contributed by atoms with Gasteiger partial charge in [-0.2, -0.15) is 5.10 Å². The number of ether oxygens (including phenoxy) is 1. The molecule has 19 heavy (non-hydrogen) atoms. The Morgan fingerprint density at radius 2 is 1.89 bits per heavy atom. The molecule has 4 nitrogen and oxygen atoms in total. The van der Waals surface area contributed by atoms with Crippen molar-refractivity contribution in [1.82, 2.24) is 15.1 Å². The SMILES string of the molecule is CNC(c1c(OC)cnn1C)C1CCCCCCC1. The van der Waals surface area contributed by atoms with E-state index >= 15 is 0 Å². The van der Waals surface area contributed by atoms with Gasteiger partial charge in [-0.15, -0.1) is 0 Å². The molecule has 0 aromatic carbocycles. The van der Waals surface area contributed by atoms with E-state index in [0.29, 0.717) is 12.0 Å². The largest absolute Gasteiger partial charge is 0.493 e. The molecule has 1 aliphatic carbocycles. The van der Waals surface area contributed by atoms with Crippen LogP contribution in [0.2, 0.25) is 0 Å². The van der Waals surface area contributed by atoms with Gasteiger partial charge in [0, 0.05) is 7.05 Å². The Morgan fingerprint density at radius 1 is 1.26 bits per heavy atom. The number of aromatic nitrogens is 2. The predicted molar refractivity (Wildman–Crippen MR) is 77.4 cm³/mol. The molecule has 4 heteroatoms. The summed E-state index contributed by atoms with van der Waals surface area (Å²) >= 11 is 0. The number of aryl methyl sites for hydroxylation is 1. The molecule has 1 fully saturated rings. The molecule has 1 atom stereocenters. The topological polar surface area (TPSA) is 39.1 Å². The summed E-state index contributed by atoms with van der Waals surface area (Å²) in [6, 6.07) is 0.348. The van der Waals surface area contributed by atoms with Crippen LogP contribution in [0.4, 0.5) is 0 Å². The second-order valence-electron chi connectivity index (χ2n) is 5.59. The monoisotopic (exact) mass is 265 g/mol. The molecule has 1 N–H and O–H groups in total. The number of hydrogen-bond donors (Lipinski definition) is 1. The van der Waals surface area contributed by atoms with Crippen molar-refractivity contribution < 1.29 is 4.74 Å². The molecule has 108 valence electrons. The molecule has 0 saturated heterocycles. The smallest absolute Gasteiger partial charge is 0.161 e. The van der Waals surface area contributed by atoms with Crippen molar-refractivity contribution in [2.75, 3.05) is 14.2 Å². The summed E-state index contributed by atoms with van der Waals surface area (Å²) in [5.41, 5.74) is 1.19. The first-order valence-electron chi connectivity index (χ1n) is 7.51. The molecule has 2 rings (SSSR count). The zero-order valence-electron chi connectivity index (χ0n) is 12.5. The standard InChI is InChI=1S/C15H27N3O/c1-16-14(12-9-7-5-4-6-8-10-12)15-13(19-3)11-17-18(15)2/h11-12,14,16H,4-10H2,1-3H3. The third kappa shape index (κ3) is 3.30. The van der Waals surface area contributed by atoms with Crippen LogP contribution in [0.5, 0.6) is 5.75 Å². The first kappa shape index (κ1) is 14.4. The van der Waals surface area contributed by atoms with Gasteiger partial charge in [0.05, 0.1) is 25.0 Å². The lowest BCUT2D eigenvalue weighted by Gasteiger charge is -2.29. The highest BCUT2D eigenvalue weighted by Crippen LogP contribution is 2.36. The Labute approximate surface area is 116 Å². The highest BCUT2D eigenvalue weighted by atomic mass is 16.5. The molecule has 1 unspecified atom stereocenters. The summed E-state index contributed by atoms with van der Waals surface area (Å²) in [6.07, 6.45) is 11.3. The van der Waals surface area contributed by atoms with E-state index in [1.54, 1.807) is 7.11 Å². The van der Waals surface area contributed by atoms with Crippen LogP contribution in [0.25, 0.3) is 0 Å². The highest BCUT2D eigenvalue weighted by molar-refractivity contribution is 5.28. The number of nitrogens with one attached hydrogen (secondary N) is 1. The lowest BCUT2D eigenvalue weighted by molar-refractivity contribution is 0.282. The zero-order valence-corrected chi connectivity index (χ0v) is 12.5. The minimum Gasteiger partial charge on any atom is -0.493 e. The Kier molecular flexibility index (Phi) is 5.25. The maximum Gasteiger partial charge on any atom is 0.161 e. The molecule has 0 bridgehead atoms. The second-order valence-corrected chi connectivity index (χ2v) is 5.59. The maximum atomic E-state index is 5.47. The van der Waals surface area contributed by atoms with E-state index in [9.17, 15) is 0 Å². The van der Waals surface area contributed by atoms with E-state index in [1.807, 2.05) is 17.9 Å². The molecule has 1 aromatic rings. The molecular weight excluding hydrogens is 238 g/mol. The molecule has 1 heterocycles. The van der Waals surface area contributed by atoms with Gasteiger partial charge in [-0.1, -0.05) is 32.1 Å². The van der Waals surface area contributed by atoms with Crippen molar-refractivity contribution >= 4 is 0 Å². The van der Waals surface area contributed by atoms with Crippen LogP contribution in [0.15, 0.2) is 6.20 Å². The lowest BCUT2D eigenvalue weighted by Crippen LogP contribution is -2.28. The van der Waals surface area contributed by atoms with Gasteiger partial charge >= 0.3 is 0 Å². The molecule has 0 aliphatic heterocycles. The van der Waals surface area contributed by atoms with Gasteiger partial charge in [0.15, 0.2) is 5.75 Å². The minimum absolute atomic E-state index is 0.348. The zero-order chi connectivity index (χ0) is 13.7. The van der Waals surface area contributed by atoms with E-state index in [4.69, 9.17) is 4.74 Å². The Morgan fingerprint density at radius 3 is 2.47 bits per heavy atom. The molecule has 1 aromatic heterocycles. The van der Waals surface area contributed by atoms with Gasteiger partial charge in [-0.25, -0.2) is 0 Å². The fraction of sp³-hybridized carbons (Fsp3) is 0.800. The molecule has 1 aliphatic rings. The quantitative estimate of drug-likeness (QED) is 0.909. The van der Waals surface area contributed by atoms with Crippen LogP contribution in [0.1, 0.15) is 56.7 Å². The van der Waals surface area contributed by atoms with E-state index in [0.717, 1.165) is 5.75 Å². The molecule has 0 radical (unpaired) electrons. The first-order chi connectivity index (χ1) is 9.27. The van der Waals surface area contributed by atoms with Gasteiger partial charge in [0.25, 0.3) is 0 Å². The van der Waals surface area contributed by atoms with Crippen molar-refractivity contribution in [3.63, 3.8) is 0 Å². The van der Waals surface area contributed by atoms with Crippen LogP contribution >= 0.6 is 0 Å². The second kappa shape index (κ2) is 6.94. The fourth-order valence-corrected chi connectivity index (χ4v) is 3.36. The van der Waals surface area contributed by atoms with Crippen LogP contribution < -0.4 is 10.1 Å². The van der Waals surface area contributed by atoms with E-state index in [-0.39, 0.29) is 0 Å². The number of nitrogens with zero attached hydrogens (tertiary/aromatic N) is 2. The van der Waals surface area contributed by atoms with Crippen molar-refractivity contribution in [3.05, 3.63) is 11.9 Å². The van der Waals surface area contributed by atoms with Gasteiger partial charge in [-0.05, 0) is 25.8 Å². The number of methoxy groups -OCH3 is 1. The average Bonchev–Trinajstić information content (AvgIpc) is 2.74. The van der Waals surface area contributed by atoms with E-state index in [1.165, 1.54) is 50.6 Å². The first-order valence-corrected chi connectivity index (χ1v) is 7.51. The molecule has 0 amide bonds. The van der Waals surface area contributed by atoms with Crippen molar-refractivity contribution in [2.24, 2.45) is 13.0 Å². The van der Waals surface area contributed by atoms with Crippen molar-refractivity contribution in [2.45, 2.75) is 51.0 Å². The van der Waals surface area contributed by atoms with Gasteiger partial charge < -0.3 is 10.1 Å². The van der Waals surface area contributed by atoms with Gasteiger partial charge in [-0.3, -0.25) is 4.68 Å². The van der Waals surface area contributed by atoms with E-state index in [2.05, 4.69) is 17.5 Å². The number of hydrogen-bond acceptors (Lipinski definition) is 3. The Hall–Kier alpha value is -1.03. The van der Waals surface area contributed by atoms with Crippen LogP contribution in [0.3, 0.4) is 0 Å². The summed E-state index contributed by atoms with van der Waals surface area (Å²) in [5, 5.41) is 7.84. The predicted octanol–water partition coefficient (Wildman–Crippen LogP) is 3.05. The van der Waals surface area contributed by atoms with Crippen LogP contribution in [-0.2, 0) is 7.05 Å². The summed E-state index contributed by atoms with van der Waals surface area (Å²) in [5.74, 6) is 1.60. The maximum absolute atomic E-state index is 5.47. The van der Waals surface area contributed by atoms with Crippen molar-refractivity contribution in [1.29, 1.82) is 0 Å². The fourth-order valence-electron chi connectivity index (χ4n) is 3.36. The third-order valence-electron chi connectivity index (χ3n) is 4.40. The summed E-state index contributed by atoms with van der Waals surface area (Å²) in [7, 11) is 5.78. The molecule has 1 saturated carbocycles. The van der Waals surface area contributed by atoms with E-state index < -0.39 is 0 Å². The van der Waals surface area contributed by atoms with Crippen LogP contribution in [0, 0.1) is 5.92 Å². The minimum atomic E-state index is 0.348. The normalized spacial score (nSPS) is 19.7. The van der Waals surface area contributed by atoms with Crippen LogP contribution in [-0.4, -0.2) is 23.9 Å².